The average Bonchev–Trinajstić information content (AvgIpc) is 2.45. The number of nitrogen functional groups attached to an aromatic ring is 1. The topological polar surface area (TPSA) is 55.5 Å². The summed E-state index contributed by atoms with van der Waals surface area (Å²) in [5, 5.41) is 10.6. The Morgan fingerprint density at radius 3 is 2.93 bits per heavy atom. The van der Waals surface area contributed by atoms with Crippen molar-refractivity contribution in [2.24, 2.45) is 0 Å². The Morgan fingerprint density at radius 1 is 1.43 bits per heavy atom. The van der Waals surface area contributed by atoms with E-state index in [-0.39, 0.29) is 0 Å². The lowest BCUT2D eigenvalue weighted by Crippen LogP contribution is -1.95. The minimum absolute atomic E-state index is 0.299. The smallest absolute Gasteiger partial charge is 0.172 e. The molecule has 0 radical (unpaired) electrons. The number of thiophene rings is 1. The molecule has 0 saturated heterocycles. The summed E-state index contributed by atoms with van der Waals surface area (Å²) in [6, 6.07) is 5.39. The molecule has 0 unspecified atom stereocenters. The normalized spacial score (nSPS) is 10.6. The van der Waals surface area contributed by atoms with Crippen LogP contribution in [0.25, 0.3) is 10.1 Å². The molecule has 74 valence electrons. The quantitative estimate of drug-likeness (QED) is 0.747. The number of rotatable bonds is 2. The van der Waals surface area contributed by atoms with Crippen molar-refractivity contribution in [2.75, 3.05) is 12.3 Å². The average molecular weight is 209 g/mol. The number of hydrogen-bond acceptors (Lipinski definition) is 4. The van der Waals surface area contributed by atoms with Gasteiger partial charge in [-0.3, -0.25) is 0 Å². The first-order valence-corrected chi connectivity index (χ1v) is 5.17. The van der Waals surface area contributed by atoms with Crippen molar-refractivity contribution in [1.82, 2.24) is 0 Å². The SMILES string of the molecule is CCOc1cc2cc(O)sc2cc1N. The van der Waals surface area contributed by atoms with Gasteiger partial charge in [0.25, 0.3) is 0 Å². The van der Waals surface area contributed by atoms with Gasteiger partial charge in [0.1, 0.15) is 5.75 Å². The zero-order valence-electron chi connectivity index (χ0n) is 7.78. The molecule has 1 aromatic heterocycles. The molecule has 0 atom stereocenters. The van der Waals surface area contributed by atoms with Gasteiger partial charge in [-0.05, 0) is 25.1 Å². The molecule has 2 rings (SSSR count). The van der Waals surface area contributed by atoms with Crippen LogP contribution in [-0.2, 0) is 0 Å². The van der Waals surface area contributed by atoms with Gasteiger partial charge in [0.15, 0.2) is 5.06 Å². The number of nitrogens with two attached hydrogens (primary N) is 1. The molecular formula is C10H11NO2S. The van der Waals surface area contributed by atoms with E-state index in [1.165, 1.54) is 11.3 Å². The van der Waals surface area contributed by atoms with Crippen molar-refractivity contribution in [2.45, 2.75) is 6.92 Å². The van der Waals surface area contributed by atoms with Crippen LogP contribution in [-0.4, -0.2) is 11.7 Å². The second-order valence-electron chi connectivity index (χ2n) is 2.95. The van der Waals surface area contributed by atoms with E-state index < -0.39 is 0 Å². The molecule has 2 aromatic rings. The highest BCUT2D eigenvalue weighted by atomic mass is 32.1. The number of anilines is 1. The Labute approximate surface area is 85.7 Å². The Bertz CT molecular complexity index is 464. The molecule has 0 bridgehead atoms. The molecule has 0 amide bonds. The van der Waals surface area contributed by atoms with E-state index >= 15 is 0 Å². The summed E-state index contributed by atoms with van der Waals surface area (Å²) in [4.78, 5) is 0. The molecule has 3 nitrogen and oxygen atoms in total. The lowest BCUT2D eigenvalue weighted by atomic mass is 10.2. The van der Waals surface area contributed by atoms with E-state index in [1.54, 1.807) is 6.07 Å². The maximum absolute atomic E-state index is 9.30. The van der Waals surface area contributed by atoms with Crippen molar-refractivity contribution >= 4 is 27.1 Å². The minimum Gasteiger partial charge on any atom is -0.499 e. The zero-order chi connectivity index (χ0) is 10.1. The van der Waals surface area contributed by atoms with Gasteiger partial charge in [-0.25, -0.2) is 0 Å². The molecule has 0 spiro atoms. The van der Waals surface area contributed by atoms with Crippen LogP contribution >= 0.6 is 11.3 Å². The van der Waals surface area contributed by atoms with Crippen molar-refractivity contribution in [3.05, 3.63) is 18.2 Å². The highest BCUT2D eigenvalue weighted by Gasteiger charge is 2.06. The molecule has 4 heteroatoms. The summed E-state index contributed by atoms with van der Waals surface area (Å²) in [5.74, 6) is 0.679. The number of ether oxygens (including phenoxy) is 1. The minimum atomic E-state index is 0.299. The van der Waals surface area contributed by atoms with Crippen LogP contribution in [0.1, 0.15) is 6.92 Å². The van der Waals surface area contributed by atoms with Crippen molar-refractivity contribution < 1.29 is 9.84 Å². The molecule has 3 N–H and O–H groups in total. The standard InChI is InChI=1S/C10H11NO2S/c1-2-13-8-3-6-4-10(12)14-9(6)5-7(8)11/h3-5,12H,2,11H2,1H3. The van der Waals surface area contributed by atoms with Crippen molar-refractivity contribution in [3.8, 4) is 10.8 Å². The monoisotopic (exact) mass is 209 g/mol. The number of benzene rings is 1. The fraction of sp³-hybridized carbons (Fsp3) is 0.200. The zero-order valence-corrected chi connectivity index (χ0v) is 8.60. The maximum atomic E-state index is 9.30. The molecule has 0 aliphatic heterocycles. The Hall–Kier alpha value is -1.42. The first-order chi connectivity index (χ1) is 6.70. The Morgan fingerprint density at radius 2 is 2.21 bits per heavy atom. The molecule has 1 heterocycles. The predicted octanol–water partition coefficient (Wildman–Crippen LogP) is 2.59. The van der Waals surface area contributed by atoms with E-state index in [1.807, 2.05) is 19.1 Å². The fourth-order valence-corrected chi connectivity index (χ4v) is 2.18. The van der Waals surface area contributed by atoms with E-state index in [9.17, 15) is 5.11 Å². The summed E-state index contributed by atoms with van der Waals surface area (Å²) < 4.78 is 6.33. The van der Waals surface area contributed by atoms with Crippen LogP contribution in [0.2, 0.25) is 0 Å². The first kappa shape index (κ1) is 9.15. The van der Waals surface area contributed by atoms with Gasteiger partial charge in [0, 0.05) is 10.1 Å². The van der Waals surface area contributed by atoms with Gasteiger partial charge in [-0.15, -0.1) is 0 Å². The van der Waals surface area contributed by atoms with E-state index in [0.717, 1.165) is 10.1 Å². The van der Waals surface area contributed by atoms with Crippen LogP contribution in [0.3, 0.4) is 0 Å². The predicted molar refractivity (Wildman–Crippen MR) is 59.1 cm³/mol. The first-order valence-electron chi connectivity index (χ1n) is 4.35. The van der Waals surface area contributed by atoms with Crippen molar-refractivity contribution in [1.29, 1.82) is 0 Å². The Kier molecular flexibility index (Phi) is 2.21. The Balaban J connectivity index is 2.58. The van der Waals surface area contributed by atoms with Gasteiger partial charge in [-0.1, -0.05) is 11.3 Å². The number of fused-ring (bicyclic) bond motifs is 1. The van der Waals surface area contributed by atoms with Gasteiger partial charge in [0.2, 0.25) is 0 Å². The summed E-state index contributed by atoms with van der Waals surface area (Å²) >= 11 is 1.31. The summed E-state index contributed by atoms with van der Waals surface area (Å²) in [6.45, 7) is 2.50. The largest absolute Gasteiger partial charge is 0.499 e. The molecule has 0 fully saturated rings. The van der Waals surface area contributed by atoms with Crippen LogP contribution in [0.15, 0.2) is 18.2 Å². The molecule has 1 aromatic carbocycles. The van der Waals surface area contributed by atoms with E-state index in [2.05, 4.69) is 0 Å². The number of hydrogen-bond donors (Lipinski definition) is 2. The van der Waals surface area contributed by atoms with Crippen LogP contribution in [0.4, 0.5) is 5.69 Å². The van der Waals surface area contributed by atoms with Crippen LogP contribution in [0, 0.1) is 0 Å². The molecule has 14 heavy (non-hydrogen) atoms. The lowest BCUT2D eigenvalue weighted by molar-refractivity contribution is 0.342. The van der Waals surface area contributed by atoms with Gasteiger partial charge >= 0.3 is 0 Å². The summed E-state index contributed by atoms with van der Waals surface area (Å²) in [7, 11) is 0. The third-order valence-electron chi connectivity index (χ3n) is 1.94. The van der Waals surface area contributed by atoms with E-state index in [0.29, 0.717) is 23.1 Å². The number of aromatic hydroxyl groups is 1. The van der Waals surface area contributed by atoms with Gasteiger partial charge < -0.3 is 15.6 Å². The third kappa shape index (κ3) is 1.48. The van der Waals surface area contributed by atoms with Crippen molar-refractivity contribution in [3.63, 3.8) is 0 Å². The molecule has 0 aliphatic carbocycles. The highest BCUT2D eigenvalue weighted by Crippen LogP contribution is 2.36. The van der Waals surface area contributed by atoms with Gasteiger partial charge in [0.05, 0.1) is 12.3 Å². The maximum Gasteiger partial charge on any atom is 0.172 e. The summed E-state index contributed by atoms with van der Waals surface area (Å²) in [5.41, 5.74) is 6.39. The second-order valence-corrected chi connectivity index (χ2v) is 4.01. The van der Waals surface area contributed by atoms with Crippen LogP contribution < -0.4 is 10.5 Å². The molecule has 0 saturated carbocycles. The summed E-state index contributed by atoms with van der Waals surface area (Å²) in [6.07, 6.45) is 0. The molecular weight excluding hydrogens is 198 g/mol. The third-order valence-corrected chi connectivity index (χ3v) is 2.84. The fourth-order valence-electron chi connectivity index (χ4n) is 1.35. The molecule has 0 aliphatic rings. The van der Waals surface area contributed by atoms with E-state index in [4.69, 9.17) is 10.5 Å². The second kappa shape index (κ2) is 3.38. The highest BCUT2D eigenvalue weighted by molar-refractivity contribution is 7.20. The van der Waals surface area contributed by atoms with Crippen LogP contribution in [0.5, 0.6) is 10.8 Å². The lowest BCUT2D eigenvalue weighted by Gasteiger charge is -2.05. The van der Waals surface area contributed by atoms with Gasteiger partial charge in [-0.2, -0.15) is 0 Å².